The molecule has 1 aromatic heterocycles. The van der Waals surface area contributed by atoms with E-state index in [1.807, 2.05) is 0 Å². The summed E-state index contributed by atoms with van der Waals surface area (Å²) in [6.07, 6.45) is -4.63. The van der Waals surface area contributed by atoms with Crippen LogP contribution in [0.15, 0.2) is 47.5 Å². The molecule has 1 aliphatic heterocycles. The monoisotopic (exact) mass is 390 g/mol. The number of nitrogens with zero attached hydrogens (tertiary/aromatic N) is 4. The molecule has 1 N–H and O–H groups in total. The number of carboxylic acid groups (broad SMARTS) is 1. The van der Waals surface area contributed by atoms with Gasteiger partial charge in [0.05, 0.1) is 23.5 Å². The van der Waals surface area contributed by atoms with Crippen molar-refractivity contribution >= 4 is 11.7 Å². The molecule has 0 aliphatic carbocycles. The van der Waals surface area contributed by atoms with Gasteiger partial charge in [-0.25, -0.2) is 18.9 Å². The zero-order valence-corrected chi connectivity index (χ0v) is 13.9. The molecule has 28 heavy (non-hydrogen) atoms. The Balaban J connectivity index is 2.00. The number of aromatic nitrogens is 3. The van der Waals surface area contributed by atoms with Crippen molar-refractivity contribution in [2.24, 2.45) is 4.99 Å². The van der Waals surface area contributed by atoms with Crippen LogP contribution in [0.25, 0.3) is 5.69 Å². The summed E-state index contributed by atoms with van der Waals surface area (Å²) in [6.45, 7) is -0.181. The highest BCUT2D eigenvalue weighted by Crippen LogP contribution is 2.33. The van der Waals surface area contributed by atoms with E-state index in [4.69, 9.17) is 5.11 Å². The van der Waals surface area contributed by atoms with E-state index in [1.165, 1.54) is 18.2 Å². The summed E-state index contributed by atoms with van der Waals surface area (Å²) in [5, 5.41) is 12.9. The number of hydrogen-bond donors (Lipinski definition) is 1. The van der Waals surface area contributed by atoms with Gasteiger partial charge in [0.25, 0.3) is 5.82 Å². The molecule has 0 saturated carbocycles. The standard InChI is InChI=1S/C18H10F4N4O2/c19-12-4-2-1-3-10(12)15-11-7-9(18(20,21)22)5-6-13(11)26-14(8-23-15)24-16(25-26)17(27)28/h1-7H,8H2,(H,27,28). The number of aliphatic imine (C=N–C) groups is 1. The summed E-state index contributed by atoms with van der Waals surface area (Å²) in [4.78, 5) is 19.2. The minimum absolute atomic E-state index is 0.00313. The Morgan fingerprint density at radius 1 is 1.11 bits per heavy atom. The lowest BCUT2D eigenvalue weighted by Crippen LogP contribution is -2.13. The van der Waals surface area contributed by atoms with Gasteiger partial charge < -0.3 is 5.11 Å². The maximum absolute atomic E-state index is 14.3. The summed E-state index contributed by atoms with van der Waals surface area (Å²) >= 11 is 0. The molecule has 0 saturated heterocycles. The fourth-order valence-electron chi connectivity index (χ4n) is 2.94. The van der Waals surface area contributed by atoms with Crippen molar-refractivity contribution in [2.75, 3.05) is 0 Å². The van der Waals surface area contributed by atoms with Gasteiger partial charge >= 0.3 is 12.1 Å². The SMILES string of the molecule is O=C(O)c1nc2n(n1)-c1ccc(C(F)(F)F)cc1C(c1ccccc1F)=NC2. The average Bonchev–Trinajstić information content (AvgIpc) is 3.01. The third kappa shape index (κ3) is 2.92. The molecule has 0 bridgehead atoms. The van der Waals surface area contributed by atoms with Crippen LogP contribution in [0.5, 0.6) is 0 Å². The van der Waals surface area contributed by atoms with E-state index in [-0.39, 0.29) is 34.9 Å². The lowest BCUT2D eigenvalue weighted by molar-refractivity contribution is -0.137. The van der Waals surface area contributed by atoms with Gasteiger partial charge in [0.2, 0.25) is 0 Å². The Labute approximate surface area is 154 Å². The molecule has 0 spiro atoms. The molecular formula is C18H10F4N4O2. The molecule has 3 aromatic rings. The van der Waals surface area contributed by atoms with Crippen molar-refractivity contribution in [2.45, 2.75) is 12.7 Å². The summed E-state index contributed by atoms with van der Waals surface area (Å²) in [5.41, 5.74) is -0.823. The molecule has 1 aliphatic rings. The summed E-state index contributed by atoms with van der Waals surface area (Å²) in [7, 11) is 0. The van der Waals surface area contributed by atoms with E-state index in [1.54, 1.807) is 6.07 Å². The molecule has 2 heterocycles. The second-order valence-corrected chi connectivity index (χ2v) is 5.94. The molecule has 0 fully saturated rings. The largest absolute Gasteiger partial charge is 0.475 e. The Morgan fingerprint density at radius 3 is 2.54 bits per heavy atom. The van der Waals surface area contributed by atoms with Crippen molar-refractivity contribution in [1.29, 1.82) is 0 Å². The zero-order valence-electron chi connectivity index (χ0n) is 13.9. The molecule has 0 amide bonds. The number of carboxylic acids is 1. The van der Waals surface area contributed by atoms with Crippen molar-refractivity contribution in [3.63, 3.8) is 0 Å². The van der Waals surface area contributed by atoms with Crippen LogP contribution in [0.1, 0.15) is 33.1 Å². The Bertz CT molecular complexity index is 1130. The Hall–Kier alpha value is -3.56. The van der Waals surface area contributed by atoms with Crippen LogP contribution < -0.4 is 0 Å². The first-order valence-electron chi connectivity index (χ1n) is 7.96. The fraction of sp³-hybridized carbons (Fsp3) is 0.111. The number of halogens is 4. The minimum atomic E-state index is -4.63. The number of alkyl halides is 3. The van der Waals surface area contributed by atoms with Crippen LogP contribution in [0.4, 0.5) is 17.6 Å². The van der Waals surface area contributed by atoms with Gasteiger partial charge in [-0.2, -0.15) is 13.2 Å². The van der Waals surface area contributed by atoms with Gasteiger partial charge in [-0.1, -0.05) is 12.1 Å². The number of benzene rings is 2. The van der Waals surface area contributed by atoms with Crippen molar-refractivity contribution in [1.82, 2.24) is 14.8 Å². The van der Waals surface area contributed by atoms with Crippen LogP contribution in [0, 0.1) is 5.82 Å². The number of aromatic carboxylic acids is 1. The third-order valence-electron chi connectivity index (χ3n) is 4.18. The number of hydrogen-bond acceptors (Lipinski definition) is 4. The predicted octanol–water partition coefficient (Wildman–Crippen LogP) is 3.47. The van der Waals surface area contributed by atoms with Gasteiger partial charge in [-0.3, -0.25) is 4.99 Å². The van der Waals surface area contributed by atoms with Crippen LogP contribution >= 0.6 is 0 Å². The molecule has 0 atom stereocenters. The molecule has 0 unspecified atom stereocenters. The van der Waals surface area contributed by atoms with Gasteiger partial charge in [0.15, 0.2) is 5.82 Å². The fourth-order valence-corrected chi connectivity index (χ4v) is 2.94. The highest BCUT2D eigenvalue weighted by molar-refractivity contribution is 6.15. The second kappa shape index (κ2) is 6.25. The third-order valence-corrected chi connectivity index (χ3v) is 4.18. The molecule has 4 rings (SSSR count). The Kier molecular flexibility index (Phi) is 3.98. The van der Waals surface area contributed by atoms with E-state index in [9.17, 15) is 22.4 Å². The minimum Gasteiger partial charge on any atom is -0.475 e. The van der Waals surface area contributed by atoms with Gasteiger partial charge in [-0.15, -0.1) is 5.10 Å². The number of carbonyl (C=O) groups is 1. The van der Waals surface area contributed by atoms with Crippen LogP contribution in [-0.4, -0.2) is 31.6 Å². The van der Waals surface area contributed by atoms with Gasteiger partial charge in [-0.05, 0) is 30.3 Å². The lowest BCUT2D eigenvalue weighted by Gasteiger charge is -2.14. The van der Waals surface area contributed by atoms with Crippen molar-refractivity contribution < 1.29 is 27.5 Å². The first kappa shape index (κ1) is 17.8. The van der Waals surface area contributed by atoms with Crippen molar-refractivity contribution in [3.8, 4) is 5.69 Å². The molecule has 142 valence electrons. The van der Waals surface area contributed by atoms with E-state index >= 15 is 0 Å². The molecule has 2 aromatic carbocycles. The van der Waals surface area contributed by atoms with Crippen LogP contribution in [-0.2, 0) is 12.7 Å². The topological polar surface area (TPSA) is 80.4 Å². The quantitative estimate of drug-likeness (QED) is 0.680. The molecule has 0 radical (unpaired) electrons. The van der Waals surface area contributed by atoms with E-state index < -0.39 is 29.4 Å². The molecule has 6 nitrogen and oxygen atoms in total. The smallest absolute Gasteiger partial charge is 0.416 e. The van der Waals surface area contributed by atoms with Crippen LogP contribution in [0.3, 0.4) is 0 Å². The van der Waals surface area contributed by atoms with Gasteiger partial charge in [0, 0.05) is 11.1 Å². The number of rotatable bonds is 2. The first-order chi connectivity index (χ1) is 13.3. The van der Waals surface area contributed by atoms with E-state index in [0.717, 1.165) is 22.9 Å². The summed E-state index contributed by atoms with van der Waals surface area (Å²) < 4.78 is 55.2. The first-order valence-corrected chi connectivity index (χ1v) is 7.96. The highest BCUT2D eigenvalue weighted by atomic mass is 19.4. The normalized spacial score (nSPS) is 13.4. The van der Waals surface area contributed by atoms with E-state index in [0.29, 0.717) is 0 Å². The second-order valence-electron chi connectivity index (χ2n) is 5.94. The van der Waals surface area contributed by atoms with Crippen LogP contribution in [0.2, 0.25) is 0 Å². The summed E-state index contributed by atoms with van der Waals surface area (Å²) in [6, 6.07) is 8.40. The maximum atomic E-state index is 14.3. The molecular weight excluding hydrogens is 380 g/mol. The number of fused-ring (bicyclic) bond motifs is 3. The van der Waals surface area contributed by atoms with E-state index in [2.05, 4.69) is 15.1 Å². The predicted molar refractivity (Wildman–Crippen MR) is 89.1 cm³/mol. The maximum Gasteiger partial charge on any atom is 0.416 e. The summed E-state index contributed by atoms with van der Waals surface area (Å²) in [5.74, 6) is -2.43. The highest BCUT2D eigenvalue weighted by Gasteiger charge is 2.33. The van der Waals surface area contributed by atoms with Gasteiger partial charge in [0.1, 0.15) is 5.82 Å². The zero-order chi connectivity index (χ0) is 20.1. The lowest BCUT2D eigenvalue weighted by atomic mass is 9.98. The van der Waals surface area contributed by atoms with Crippen molar-refractivity contribution in [3.05, 3.63) is 76.6 Å². The Morgan fingerprint density at radius 2 is 1.86 bits per heavy atom. The average molecular weight is 390 g/mol. The molecule has 10 heteroatoms.